The first kappa shape index (κ1) is 19.2. The second kappa shape index (κ2) is 10.7. The summed E-state index contributed by atoms with van der Waals surface area (Å²) < 4.78 is 5.44. The van der Waals surface area contributed by atoms with Gasteiger partial charge in [-0.2, -0.15) is 0 Å². The highest BCUT2D eigenvalue weighted by molar-refractivity contribution is 7.09. The Balaban J connectivity index is 1.79. The van der Waals surface area contributed by atoms with Crippen LogP contribution >= 0.6 is 11.3 Å². The highest BCUT2D eigenvalue weighted by atomic mass is 32.1. The summed E-state index contributed by atoms with van der Waals surface area (Å²) in [5.41, 5.74) is 1.17. The molecule has 0 bridgehead atoms. The van der Waals surface area contributed by atoms with Gasteiger partial charge in [0, 0.05) is 51.7 Å². The molecule has 1 N–H and O–H groups in total. The molecule has 5 nitrogen and oxygen atoms in total. The minimum absolute atomic E-state index is 0.789. The van der Waals surface area contributed by atoms with E-state index in [2.05, 4.69) is 41.5 Å². The van der Waals surface area contributed by atoms with Crippen LogP contribution in [0.4, 0.5) is 0 Å². The molecule has 1 saturated heterocycles. The summed E-state index contributed by atoms with van der Waals surface area (Å²) in [4.78, 5) is 11.7. The summed E-state index contributed by atoms with van der Waals surface area (Å²) in [6, 6.07) is 0. The number of ether oxygens (including phenoxy) is 1. The molecular weight excluding hydrogens is 320 g/mol. The van der Waals surface area contributed by atoms with Crippen molar-refractivity contribution < 1.29 is 4.74 Å². The SMILES string of the molecule is CCNC(=NCCc1csc(CC)n1)N(C)CCC1CCOCC1. The lowest BCUT2D eigenvalue weighted by Gasteiger charge is -2.26. The number of aliphatic imine (C=N–C) groups is 1. The van der Waals surface area contributed by atoms with Crippen LogP contribution in [0, 0.1) is 5.92 Å². The van der Waals surface area contributed by atoms with Crippen molar-refractivity contribution in [1.82, 2.24) is 15.2 Å². The zero-order chi connectivity index (χ0) is 17.2. The van der Waals surface area contributed by atoms with E-state index in [1.54, 1.807) is 11.3 Å². The summed E-state index contributed by atoms with van der Waals surface area (Å²) in [7, 11) is 2.14. The van der Waals surface area contributed by atoms with Gasteiger partial charge in [-0.1, -0.05) is 6.92 Å². The smallest absolute Gasteiger partial charge is 0.193 e. The maximum atomic E-state index is 5.44. The highest BCUT2D eigenvalue weighted by Gasteiger charge is 2.15. The summed E-state index contributed by atoms with van der Waals surface area (Å²) >= 11 is 1.75. The first-order valence-corrected chi connectivity index (χ1v) is 10.1. The normalized spacial score (nSPS) is 16.4. The third kappa shape index (κ3) is 6.40. The van der Waals surface area contributed by atoms with Crippen LogP contribution in [-0.2, 0) is 17.6 Å². The number of guanidine groups is 1. The van der Waals surface area contributed by atoms with Crippen molar-refractivity contribution in [2.45, 2.75) is 46.0 Å². The van der Waals surface area contributed by atoms with E-state index in [9.17, 15) is 0 Å². The fourth-order valence-corrected chi connectivity index (χ4v) is 3.67. The lowest BCUT2D eigenvalue weighted by atomic mass is 9.96. The van der Waals surface area contributed by atoms with Crippen LogP contribution in [-0.4, -0.2) is 55.7 Å². The molecule has 24 heavy (non-hydrogen) atoms. The largest absolute Gasteiger partial charge is 0.381 e. The van der Waals surface area contributed by atoms with Gasteiger partial charge in [-0.25, -0.2) is 4.98 Å². The van der Waals surface area contributed by atoms with Gasteiger partial charge in [0.1, 0.15) is 0 Å². The minimum atomic E-state index is 0.789. The number of hydrogen-bond donors (Lipinski definition) is 1. The molecule has 0 aliphatic carbocycles. The molecule has 2 rings (SSSR count). The molecule has 0 spiro atoms. The molecule has 2 heterocycles. The van der Waals surface area contributed by atoms with E-state index in [0.717, 1.165) is 57.6 Å². The lowest BCUT2D eigenvalue weighted by Crippen LogP contribution is -2.40. The van der Waals surface area contributed by atoms with Gasteiger partial charge in [-0.3, -0.25) is 4.99 Å². The van der Waals surface area contributed by atoms with E-state index in [4.69, 9.17) is 9.73 Å². The Morgan fingerprint density at radius 2 is 2.21 bits per heavy atom. The molecule has 1 aromatic rings. The van der Waals surface area contributed by atoms with Gasteiger partial charge in [0.25, 0.3) is 0 Å². The van der Waals surface area contributed by atoms with Gasteiger partial charge < -0.3 is 15.0 Å². The molecular formula is C18H32N4OS. The predicted molar refractivity (Wildman–Crippen MR) is 102 cm³/mol. The van der Waals surface area contributed by atoms with Gasteiger partial charge in [0.05, 0.1) is 10.7 Å². The summed E-state index contributed by atoms with van der Waals surface area (Å²) in [5.74, 6) is 1.81. The van der Waals surface area contributed by atoms with Crippen molar-refractivity contribution in [2.75, 3.05) is 39.9 Å². The zero-order valence-corrected chi connectivity index (χ0v) is 16.2. The third-order valence-corrected chi connectivity index (χ3v) is 5.48. The van der Waals surface area contributed by atoms with Crippen LogP contribution in [0.15, 0.2) is 10.4 Å². The summed E-state index contributed by atoms with van der Waals surface area (Å²) in [6.45, 7) is 8.86. The molecule has 0 unspecified atom stereocenters. The van der Waals surface area contributed by atoms with Gasteiger partial charge in [-0.15, -0.1) is 11.3 Å². The Labute approximate surface area is 150 Å². The van der Waals surface area contributed by atoms with Crippen molar-refractivity contribution in [2.24, 2.45) is 10.9 Å². The zero-order valence-electron chi connectivity index (χ0n) is 15.4. The number of rotatable bonds is 8. The van der Waals surface area contributed by atoms with E-state index in [0.29, 0.717) is 0 Å². The summed E-state index contributed by atoms with van der Waals surface area (Å²) in [6.07, 6.45) is 5.55. The molecule has 1 aliphatic rings. The van der Waals surface area contributed by atoms with E-state index in [-0.39, 0.29) is 0 Å². The van der Waals surface area contributed by atoms with Crippen molar-refractivity contribution in [3.8, 4) is 0 Å². The Morgan fingerprint density at radius 3 is 2.88 bits per heavy atom. The predicted octanol–water partition coefficient (Wildman–Crippen LogP) is 2.96. The van der Waals surface area contributed by atoms with Crippen LogP contribution in [0.3, 0.4) is 0 Å². The monoisotopic (exact) mass is 352 g/mol. The van der Waals surface area contributed by atoms with Gasteiger partial charge in [-0.05, 0) is 38.5 Å². The van der Waals surface area contributed by atoms with Gasteiger partial charge in [0.2, 0.25) is 0 Å². The van der Waals surface area contributed by atoms with E-state index < -0.39 is 0 Å². The number of nitrogens with one attached hydrogen (secondary N) is 1. The Hall–Kier alpha value is -1.14. The van der Waals surface area contributed by atoms with Crippen LogP contribution < -0.4 is 5.32 Å². The molecule has 0 aromatic carbocycles. The van der Waals surface area contributed by atoms with Crippen molar-refractivity contribution >= 4 is 17.3 Å². The average molecular weight is 353 g/mol. The standard InChI is InChI=1S/C18H32N4OS/c1-4-17-21-16(14-24-17)6-10-20-18(19-5-2)22(3)11-7-15-8-12-23-13-9-15/h14-15H,4-13H2,1-3H3,(H,19,20). The highest BCUT2D eigenvalue weighted by Crippen LogP contribution is 2.18. The van der Waals surface area contributed by atoms with Gasteiger partial charge >= 0.3 is 0 Å². The molecule has 1 aromatic heterocycles. The van der Waals surface area contributed by atoms with Crippen LogP contribution in [0.1, 0.15) is 43.8 Å². The Morgan fingerprint density at radius 1 is 1.42 bits per heavy atom. The minimum Gasteiger partial charge on any atom is -0.381 e. The Kier molecular flexibility index (Phi) is 8.53. The van der Waals surface area contributed by atoms with Crippen molar-refractivity contribution in [3.05, 3.63) is 16.1 Å². The number of hydrogen-bond acceptors (Lipinski definition) is 4. The quantitative estimate of drug-likeness (QED) is 0.577. The first-order valence-electron chi connectivity index (χ1n) is 9.23. The maximum absolute atomic E-state index is 5.44. The maximum Gasteiger partial charge on any atom is 0.193 e. The molecule has 0 atom stereocenters. The Bertz CT molecular complexity index is 497. The second-order valence-electron chi connectivity index (χ2n) is 6.34. The molecule has 0 radical (unpaired) electrons. The molecule has 0 saturated carbocycles. The summed E-state index contributed by atoms with van der Waals surface area (Å²) in [5, 5.41) is 6.79. The number of thiazole rings is 1. The van der Waals surface area contributed by atoms with Crippen molar-refractivity contribution in [1.29, 1.82) is 0 Å². The topological polar surface area (TPSA) is 49.8 Å². The molecule has 0 amide bonds. The first-order chi connectivity index (χ1) is 11.7. The van der Waals surface area contributed by atoms with E-state index in [1.165, 1.54) is 30.0 Å². The molecule has 6 heteroatoms. The lowest BCUT2D eigenvalue weighted by molar-refractivity contribution is 0.0625. The number of nitrogens with zero attached hydrogens (tertiary/aromatic N) is 3. The molecule has 1 aliphatic heterocycles. The number of aromatic nitrogens is 1. The fraction of sp³-hybridized carbons (Fsp3) is 0.778. The van der Waals surface area contributed by atoms with Crippen LogP contribution in [0.25, 0.3) is 0 Å². The third-order valence-electron chi connectivity index (χ3n) is 4.44. The van der Waals surface area contributed by atoms with E-state index >= 15 is 0 Å². The fourth-order valence-electron chi connectivity index (χ4n) is 2.89. The van der Waals surface area contributed by atoms with Crippen LogP contribution in [0.2, 0.25) is 0 Å². The molecule has 136 valence electrons. The van der Waals surface area contributed by atoms with Crippen LogP contribution in [0.5, 0.6) is 0 Å². The second-order valence-corrected chi connectivity index (χ2v) is 7.28. The number of aryl methyl sites for hydroxylation is 1. The molecule has 1 fully saturated rings. The van der Waals surface area contributed by atoms with Gasteiger partial charge in [0.15, 0.2) is 5.96 Å². The average Bonchev–Trinajstić information content (AvgIpc) is 3.08. The van der Waals surface area contributed by atoms with Crippen molar-refractivity contribution in [3.63, 3.8) is 0 Å². The van der Waals surface area contributed by atoms with E-state index in [1.807, 2.05) is 0 Å².